The lowest BCUT2D eigenvalue weighted by molar-refractivity contribution is -0.110. The van der Waals surface area contributed by atoms with Crippen LogP contribution in [0.4, 0.5) is 10.1 Å². The van der Waals surface area contributed by atoms with Gasteiger partial charge in [0, 0.05) is 16.8 Å². The third-order valence-corrected chi connectivity index (χ3v) is 3.61. The summed E-state index contributed by atoms with van der Waals surface area (Å²) in [5, 5.41) is 2.75. The second kappa shape index (κ2) is 4.60. The van der Waals surface area contributed by atoms with E-state index in [9.17, 15) is 9.18 Å². The molecule has 2 aromatic carbocycles. The SMILES string of the molecule is Cc1ccc(C=C2C(=O)Nc3ccc(F)cc32)cc1C. The molecule has 0 fully saturated rings. The molecular weight excluding hydrogens is 253 g/mol. The molecule has 1 aliphatic rings. The average molecular weight is 267 g/mol. The number of amides is 1. The normalized spacial score (nSPS) is 15.3. The van der Waals surface area contributed by atoms with Gasteiger partial charge in [-0.05, 0) is 54.8 Å². The molecule has 0 unspecified atom stereocenters. The number of halogens is 1. The average Bonchev–Trinajstić information content (AvgIpc) is 2.70. The first kappa shape index (κ1) is 12.6. The minimum Gasteiger partial charge on any atom is -0.321 e. The molecule has 1 heterocycles. The Morgan fingerprint density at radius 2 is 1.85 bits per heavy atom. The summed E-state index contributed by atoms with van der Waals surface area (Å²) in [4.78, 5) is 12.0. The quantitative estimate of drug-likeness (QED) is 0.779. The number of fused-ring (bicyclic) bond motifs is 1. The maximum Gasteiger partial charge on any atom is 0.256 e. The van der Waals surface area contributed by atoms with Gasteiger partial charge in [0.05, 0.1) is 0 Å². The Bertz CT molecular complexity index is 747. The van der Waals surface area contributed by atoms with Crippen molar-refractivity contribution in [2.75, 3.05) is 5.32 Å². The largest absolute Gasteiger partial charge is 0.321 e. The molecule has 100 valence electrons. The van der Waals surface area contributed by atoms with Crippen LogP contribution in [-0.2, 0) is 4.79 Å². The predicted molar refractivity (Wildman–Crippen MR) is 78.8 cm³/mol. The topological polar surface area (TPSA) is 29.1 Å². The Labute approximate surface area is 116 Å². The van der Waals surface area contributed by atoms with Gasteiger partial charge in [0.15, 0.2) is 0 Å². The molecule has 0 aromatic heterocycles. The lowest BCUT2D eigenvalue weighted by Gasteiger charge is -2.03. The summed E-state index contributed by atoms with van der Waals surface area (Å²) in [6, 6.07) is 10.3. The molecule has 1 aliphatic heterocycles. The Morgan fingerprint density at radius 3 is 2.60 bits per heavy atom. The van der Waals surface area contributed by atoms with E-state index in [4.69, 9.17) is 0 Å². The molecule has 3 heteroatoms. The molecule has 2 nitrogen and oxygen atoms in total. The van der Waals surface area contributed by atoms with E-state index < -0.39 is 0 Å². The van der Waals surface area contributed by atoms with Crippen LogP contribution < -0.4 is 5.32 Å². The van der Waals surface area contributed by atoms with Crippen LogP contribution in [0.3, 0.4) is 0 Å². The van der Waals surface area contributed by atoms with E-state index in [-0.39, 0.29) is 11.7 Å². The molecule has 3 rings (SSSR count). The van der Waals surface area contributed by atoms with Gasteiger partial charge in [-0.25, -0.2) is 4.39 Å². The van der Waals surface area contributed by atoms with Crippen LogP contribution in [-0.4, -0.2) is 5.91 Å². The van der Waals surface area contributed by atoms with Gasteiger partial charge in [-0.15, -0.1) is 0 Å². The second-order valence-electron chi connectivity index (χ2n) is 5.05. The van der Waals surface area contributed by atoms with Crippen LogP contribution in [0.25, 0.3) is 11.6 Å². The highest BCUT2D eigenvalue weighted by molar-refractivity contribution is 6.34. The summed E-state index contributed by atoms with van der Waals surface area (Å²) in [7, 11) is 0. The van der Waals surface area contributed by atoms with Gasteiger partial charge >= 0.3 is 0 Å². The molecule has 0 spiro atoms. The third-order valence-electron chi connectivity index (χ3n) is 3.61. The minimum absolute atomic E-state index is 0.191. The van der Waals surface area contributed by atoms with Crippen molar-refractivity contribution in [2.45, 2.75) is 13.8 Å². The van der Waals surface area contributed by atoms with Gasteiger partial charge in [-0.3, -0.25) is 4.79 Å². The van der Waals surface area contributed by atoms with Crippen LogP contribution in [0.2, 0.25) is 0 Å². The van der Waals surface area contributed by atoms with E-state index in [1.54, 1.807) is 12.1 Å². The van der Waals surface area contributed by atoms with Gasteiger partial charge in [-0.2, -0.15) is 0 Å². The minimum atomic E-state index is -0.341. The van der Waals surface area contributed by atoms with Crippen LogP contribution in [0.5, 0.6) is 0 Å². The summed E-state index contributed by atoms with van der Waals surface area (Å²) in [6.45, 7) is 4.07. The number of rotatable bonds is 1. The molecule has 0 saturated carbocycles. The number of benzene rings is 2. The highest BCUT2D eigenvalue weighted by Gasteiger charge is 2.24. The van der Waals surface area contributed by atoms with Crippen LogP contribution >= 0.6 is 0 Å². The molecule has 20 heavy (non-hydrogen) atoms. The zero-order chi connectivity index (χ0) is 14.3. The van der Waals surface area contributed by atoms with Gasteiger partial charge in [-0.1, -0.05) is 18.2 Å². The summed E-state index contributed by atoms with van der Waals surface area (Å²) < 4.78 is 13.4. The first-order chi connectivity index (χ1) is 9.54. The zero-order valence-electron chi connectivity index (χ0n) is 11.3. The van der Waals surface area contributed by atoms with Gasteiger partial charge in [0.2, 0.25) is 0 Å². The van der Waals surface area contributed by atoms with Crippen molar-refractivity contribution in [1.82, 2.24) is 0 Å². The Kier molecular flexibility index (Phi) is 2.90. The fourth-order valence-corrected chi connectivity index (χ4v) is 2.32. The number of carbonyl (C=O) groups excluding carboxylic acids is 1. The Hall–Kier alpha value is -2.42. The fraction of sp³-hybridized carbons (Fsp3) is 0.118. The van der Waals surface area contributed by atoms with E-state index in [0.717, 1.165) is 11.1 Å². The monoisotopic (exact) mass is 267 g/mol. The highest BCUT2D eigenvalue weighted by Crippen LogP contribution is 2.33. The van der Waals surface area contributed by atoms with Crippen LogP contribution in [0, 0.1) is 19.7 Å². The lowest BCUT2D eigenvalue weighted by Crippen LogP contribution is -2.03. The molecule has 0 saturated heterocycles. The van der Waals surface area contributed by atoms with Gasteiger partial charge < -0.3 is 5.32 Å². The van der Waals surface area contributed by atoms with Gasteiger partial charge in [0.1, 0.15) is 5.82 Å². The third kappa shape index (κ3) is 2.11. The van der Waals surface area contributed by atoms with E-state index in [0.29, 0.717) is 16.8 Å². The molecule has 0 aliphatic carbocycles. The molecule has 1 amide bonds. The number of hydrogen-bond donors (Lipinski definition) is 1. The van der Waals surface area contributed by atoms with Crippen molar-refractivity contribution >= 4 is 23.2 Å². The molecule has 2 aromatic rings. The number of aryl methyl sites for hydroxylation is 2. The van der Waals surface area contributed by atoms with Gasteiger partial charge in [0.25, 0.3) is 5.91 Å². The lowest BCUT2D eigenvalue weighted by atomic mass is 10.0. The molecule has 1 N–H and O–H groups in total. The van der Waals surface area contributed by atoms with E-state index in [1.807, 2.05) is 32.0 Å². The van der Waals surface area contributed by atoms with E-state index >= 15 is 0 Å². The van der Waals surface area contributed by atoms with Crippen LogP contribution in [0.1, 0.15) is 22.3 Å². The molecule has 0 bridgehead atoms. The highest BCUT2D eigenvalue weighted by atomic mass is 19.1. The Morgan fingerprint density at radius 1 is 1.05 bits per heavy atom. The van der Waals surface area contributed by atoms with Crippen molar-refractivity contribution in [3.8, 4) is 0 Å². The molecule has 0 radical (unpaired) electrons. The first-order valence-electron chi connectivity index (χ1n) is 6.45. The smallest absolute Gasteiger partial charge is 0.256 e. The van der Waals surface area contributed by atoms with Crippen molar-refractivity contribution in [3.63, 3.8) is 0 Å². The number of anilines is 1. The zero-order valence-corrected chi connectivity index (χ0v) is 11.3. The number of carbonyl (C=O) groups is 1. The number of nitrogens with one attached hydrogen (secondary N) is 1. The maximum absolute atomic E-state index is 13.4. The van der Waals surface area contributed by atoms with Crippen molar-refractivity contribution in [2.24, 2.45) is 0 Å². The first-order valence-corrected chi connectivity index (χ1v) is 6.45. The van der Waals surface area contributed by atoms with E-state index in [2.05, 4.69) is 5.32 Å². The summed E-state index contributed by atoms with van der Waals surface area (Å²) in [5.41, 5.74) is 5.09. The summed E-state index contributed by atoms with van der Waals surface area (Å²) in [6.07, 6.45) is 1.80. The summed E-state index contributed by atoms with van der Waals surface area (Å²) in [5.74, 6) is -0.532. The number of hydrogen-bond acceptors (Lipinski definition) is 1. The van der Waals surface area contributed by atoms with Crippen LogP contribution in [0.15, 0.2) is 36.4 Å². The Balaban J connectivity index is 2.10. The van der Waals surface area contributed by atoms with Crippen molar-refractivity contribution in [3.05, 3.63) is 64.5 Å². The standard InChI is InChI=1S/C17H14FNO/c1-10-3-4-12(7-11(10)2)8-15-14-9-13(18)5-6-16(14)19-17(15)20/h3-9H,1-2H3,(H,19,20). The molecular formula is C17H14FNO. The van der Waals surface area contributed by atoms with Crippen molar-refractivity contribution in [1.29, 1.82) is 0 Å². The molecule has 0 atom stereocenters. The predicted octanol–water partition coefficient (Wildman–Crippen LogP) is 3.94. The van der Waals surface area contributed by atoms with Crippen molar-refractivity contribution < 1.29 is 9.18 Å². The fourth-order valence-electron chi connectivity index (χ4n) is 2.32. The summed E-state index contributed by atoms with van der Waals surface area (Å²) >= 11 is 0. The maximum atomic E-state index is 13.4. The van der Waals surface area contributed by atoms with E-state index in [1.165, 1.54) is 17.7 Å². The second-order valence-corrected chi connectivity index (χ2v) is 5.05.